The third-order valence-electron chi connectivity index (χ3n) is 3.68. The number of carbonyl (C=O) groups is 1. The molecule has 1 aliphatic rings. The second-order valence-electron chi connectivity index (χ2n) is 5.36. The van der Waals surface area contributed by atoms with E-state index in [-0.39, 0.29) is 5.91 Å². The zero-order valence-electron chi connectivity index (χ0n) is 12.2. The van der Waals surface area contributed by atoms with Gasteiger partial charge in [-0.15, -0.1) is 0 Å². The van der Waals surface area contributed by atoms with Crippen molar-refractivity contribution in [1.29, 1.82) is 0 Å². The molecule has 0 saturated carbocycles. The molecule has 0 spiro atoms. The topological polar surface area (TPSA) is 71.2 Å². The second-order valence-corrected chi connectivity index (χ2v) is 5.36. The molecular weight excluding hydrogens is 268 g/mol. The Bertz CT molecular complexity index is 663. The molecule has 21 heavy (non-hydrogen) atoms. The van der Waals surface area contributed by atoms with Crippen molar-refractivity contribution in [2.45, 2.75) is 26.4 Å². The van der Waals surface area contributed by atoms with Gasteiger partial charge in [-0.1, -0.05) is 0 Å². The molecule has 1 saturated heterocycles. The Hall–Kier alpha value is -2.21. The van der Waals surface area contributed by atoms with Crippen LogP contribution >= 0.6 is 0 Å². The highest BCUT2D eigenvalue weighted by Gasteiger charge is 2.25. The molecule has 1 atom stereocenters. The van der Waals surface area contributed by atoms with Gasteiger partial charge in [-0.05, 0) is 44.5 Å². The number of nitrogens with zero attached hydrogens (tertiary/aromatic N) is 4. The fourth-order valence-corrected chi connectivity index (χ4v) is 2.62. The van der Waals surface area contributed by atoms with Gasteiger partial charge in [0.15, 0.2) is 0 Å². The fraction of sp³-hybridized carbons (Fsp3) is 0.400. The molecule has 2 heterocycles. The lowest BCUT2D eigenvalue weighted by Crippen LogP contribution is -2.29. The lowest BCUT2D eigenvalue weighted by Gasteiger charge is -2.15. The molecule has 1 amide bonds. The first-order valence-electron chi connectivity index (χ1n) is 7.02. The standard InChI is InChI=1S/C15H18N4O2/c1-10-16-11(2)19(17-10)13-5-3-12(4-6-13)15(21)18-8-7-14(20)9-18/h3-6,14,20H,7-9H2,1-2H3/t14-/m1/s1. The molecule has 3 rings (SSSR count). The molecular formula is C15H18N4O2. The monoisotopic (exact) mass is 286 g/mol. The SMILES string of the molecule is Cc1nc(C)n(-c2ccc(C(=O)N3CC[C@@H](O)C3)cc2)n1. The van der Waals surface area contributed by atoms with E-state index in [1.54, 1.807) is 21.7 Å². The van der Waals surface area contributed by atoms with E-state index in [2.05, 4.69) is 10.1 Å². The van der Waals surface area contributed by atoms with Crippen LogP contribution in [0.1, 0.15) is 28.4 Å². The normalized spacial score (nSPS) is 18.2. The third-order valence-corrected chi connectivity index (χ3v) is 3.68. The van der Waals surface area contributed by atoms with Crippen LogP contribution in [-0.2, 0) is 0 Å². The molecule has 110 valence electrons. The summed E-state index contributed by atoms with van der Waals surface area (Å²) in [6.45, 7) is 4.77. The van der Waals surface area contributed by atoms with Crippen molar-refractivity contribution in [1.82, 2.24) is 19.7 Å². The highest BCUT2D eigenvalue weighted by molar-refractivity contribution is 5.94. The maximum Gasteiger partial charge on any atom is 0.253 e. The van der Waals surface area contributed by atoms with Crippen molar-refractivity contribution in [2.24, 2.45) is 0 Å². The Morgan fingerprint density at radius 3 is 2.52 bits per heavy atom. The highest BCUT2D eigenvalue weighted by atomic mass is 16.3. The predicted molar refractivity (Wildman–Crippen MR) is 77.4 cm³/mol. The summed E-state index contributed by atoms with van der Waals surface area (Å²) in [5.41, 5.74) is 1.51. The number of aryl methyl sites for hydroxylation is 2. The number of carbonyl (C=O) groups excluding carboxylic acids is 1. The average molecular weight is 286 g/mol. The molecule has 0 radical (unpaired) electrons. The van der Waals surface area contributed by atoms with Crippen molar-refractivity contribution in [2.75, 3.05) is 13.1 Å². The number of β-amino-alcohol motifs (C(OH)–C–C–N with tert-alkyl or cyclic N) is 1. The molecule has 1 fully saturated rings. The van der Waals surface area contributed by atoms with Gasteiger partial charge in [-0.25, -0.2) is 9.67 Å². The lowest BCUT2D eigenvalue weighted by molar-refractivity contribution is 0.0765. The average Bonchev–Trinajstić information content (AvgIpc) is 3.04. The Morgan fingerprint density at radius 1 is 1.29 bits per heavy atom. The number of hydrogen-bond acceptors (Lipinski definition) is 4. The number of aromatic nitrogens is 3. The van der Waals surface area contributed by atoms with Crippen molar-refractivity contribution in [3.8, 4) is 5.69 Å². The summed E-state index contributed by atoms with van der Waals surface area (Å²) >= 11 is 0. The van der Waals surface area contributed by atoms with Crippen LogP contribution in [-0.4, -0.2) is 49.9 Å². The van der Waals surface area contributed by atoms with E-state index in [0.29, 0.717) is 25.1 Å². The Balaban J connectivity index is 1.81. The second kappa shape index (κ2) is 5.29. The van der Waals surface area contributed by atoms with Crippen molar-refractivity contribution >= 4 is 5.91 Å². The smallest absolute Gasteiger partial charge is 0.253 e. The Labute approximate surface area is 123 Å². The van der Waals surface area contributed by atoms with Gasteiger partial charge in [0.25, 0.3) is 5.91 Å². The molecule has 1 aromatic heterocycles. The summed E-state index contributed by atoms with van der Waals surface area (Å²) < 4.78 is 1.75. The fourth-order valence-electron chi connectivity index (χ4n) is 2.62. The first-order valence-corrected chi connectivity index (χ1v) is 7.02. The molecule has 2 aromatic rings. The quantitative estimate of drug-likeness (QED) is 0.897. The highest BCUT2D eigenvalue weighted by Crippen LogP contribution is 2.16. The van der Waals surface area contributed by atoms with Crippen molar-refractivity contribution < 1.29 is 9.90 Å². The zero-order chi connectivity index (χ0) is 15.0. The maximum atomic E-state index is 12.3. The molecule has 0 aliphatic carbocycles. The number of rotatable bonds is 2. The van der Waals surface area contributed by atoms with E-state index >= 15 is 0 Å². The van der Waals surface area contributed by atoms with E-state index in [9.17, 15) is 9.90 Å². The van der Waals surface area contributed by atoms with Crippen LogP contribution in [0.25, 0.3) is 5.69 Å². The number of aliphatic hydroxyl groups is 1. The molecule has 1 aromatic carbocycles. The lowest BCUT2D eigenvalue weighted by atomic mass is 10.2. The van der Waals surface area contributed by atoms with Crippen molar-refractivity contribution in [3.63, 3.8) is 0 Å². The van der Waals surface area contributed by atoms with Gasteiger partial charge in [0, 0.05) is 18.7 Å². The number of likely N-dealkylation sites (tertiary alicyclic amines) is 1. The zero-order valence-corrected chi connectivity index (χ0v) is 12.2. The van der Waals surface area contributed by atoms with Crippen molar-refractivity contribution in [3.05, 3.63) is 41.5 Å². The molecule has 0 bridgehead atoms. The van der Waals surface area contributed by atoms with Crippen LogP contribution in [0.15, 0.2) is 24.3 Å². The Morgan fingerprint density at radius 2 is 2.00 bits per heavy atom. The van der Waals surface area contributed by atoms with Gasteiger partial charge < -0.3 is 10.0 Å². The minimum absolute atomic E-state index is 0.0374. The van der Waals surface area contributed by atoms with E-state index in [1.807, 2.05) is 26.0 Å². The number of aliphatic hydroxyl groups excluding tert-OH is 1. The summed E-state index contributed by atoms with van der Waals surface area (Å²) in [6, 6.07) is 7.30. The van der Waals surface area contributed by atoms with E-state index in [0.717, 1.165) is 17.3 Å². The summed E-state index contributed by atoms with van der Waals surface area (Å²) in [5, 5.41) is 13.8. The van der Waals surface area contributed by atoms with Gasteiger partial charge in [-0.2, -0.15) is 5.10 Å². The predicted octanol–water partition coefficient (Wildman–Crippen LogP) is 1.09. The Kier molecular flexibility index (Phi) is 3.47. The largest absolute Gasteiger partial charge is 0.391 e. The molecule has 1 aliphatic heterocycles. The summed E-state index contributed by atoms with van der Waals surface area (Å²) in [4.78, 5) is 18.2. The number of hydrogen-bond donors (Lipinski definition) is 1. The van der Waals surface area contributed by atoms with E-state index < -0.39 is 6.10 Å². The molecule has 0 unspecified atom stereocenters. The van der Waals surface area contributed by atoms with Gasteiger partial charge in [0.2, 0.25) is 0 Å². The van der Waals surface area contributed by atoms with Gasteiger partial charge in [-0.3, -0.25) is 4.79 Å². The van der Waals surface area contributed by atoms with Gasteiger partial charge in [0.05, 0.1) is 11.8 Å². The summed E-state index contributed by atoms with van der Waals surface area (Å²) in [5.74, 6) is 1.50. The first kappa shape index (κ1) is 13.8. The van der Waals surface area contributed by atoms with Crippen LogP contribution in [0.5, 0.6) is 0 Å². The van der Waals surface area contributed by atoms with E-state index in [1.165, 1.54) is 0 Å². The third kappa shape index (κ3) is 2.67. The number of amides is 1. The minimum Gasteiger partial charge on any atom is -0.391 e. The van der Waals surface area contributed by atoms with Crippen LogP contribution in [0.4, 0.5) is 0 Å². The number of benzene rings is 1. The summed E-state index contributed by atoms with van der Waals surface area (Å²) in [7, 11) is 0. The van der Waals surface area contributed by atoms with Crippen LogP contribution in [0, 0.1) is 13.8 Å². The van der Waals surface area contributed by atoms with Crippen LogP contribution in [0.2, 0.25) is 0 Å². The maximum absolute atomic E-state index is 12.3. The van der Waals surface area contributed by atoms with E-state index in [4.69, 9.17) is 0 Å². The van der Waals surface area contributed by atoms with Gasteiger partial charge in [0.1, 0.15) is 11.6 Å². The van der Waals surface area contributed by atoms with Crippen LogP contribution in [0.3, 0.4) is 0 Å². The summed E-state index contributed by atoms with van der Waals surface area (Å²) in [6.07, 6.45) is 0.260. The molecule has 6 heteroatoms. The molecule has 6 nitrogen and oxygen atoms in total. The van der Waals surface area contributed by atoms with Crippen LogP contribution < -0.4 is 0 Å². The molecule has 1 N–H and O–H groups in total. The van der Waals surface area contributed by atoms with Gasteiger partial charge >= 0.3 is 0 Å². The minimum atomic E-state index is -0.394. The first-order chi connectivity index (χ1) is 10.0.